The van der Waals surface area contributed by atoms with Crippen LogP contribution in [0.5, 0.6) is 5.75 Å². The summed E-state index contributed by atoms with van der Waals surface area (Å²) in [7, 11) is 1.62. The van der Waals surface area contributed by atoms with Gasteiger partial charge in [-0.15, -0.1) is 15.3 Å². The zero-order chi connectivity index (χ0) is 27.2. The topological polar surface area (TPSA) is 184 Å². The summed E-state index contributed by atoms with van der Waals surface area (Å²) in [5.41, 5.74) is 10.6. The molecule has 202 valence electrons. The third-order valence-corrected chi connectivity index (χ3v) is 9.39. The summed E-state index contributed by atoms with van der Waals surface area (Å²) in [6.45, 7) is 2.68. The van der Waals surface area contributed by atoms with Gasteiger partial charge in [0, 0.05) is 22.8 Å². The SMILES string of the molecule is COc1ccc(C=NNC(=O)c2nnn(-c3nonc3N)c2CSC2=NCCS2)cc1CSc1nnc(C)s1. The largest absolute Gasteiger partial charge is 0.496 e. The molecule has 1 amide bonds. The molecule has 39 heavy (non-hydrogen) atoms. The smallest absolute Gasteiger partial charge is 0.293 e. The fourth-order valence-corrected chi connectivity index (χ4v) is 7.13. The Morgan fingerprint density at radius 3 is 2.90 bits per heavy atom. The molecule has 0 unspecified atom stereocenters. The Bertz CT molecular complexity index is 1530. The number of nitrogens with one attached hydrogen (secondary N) is 1. The molecule has 1 aliphatic heterocycles. The van der Waals surface area contributed by atoms with Crippen molar-refractivity contribution < 1.29 is 14.2 Å². The monoisotopic (exact) mass is 603 g/mol. The van der Waals surface area contributed by atoms with E-state index in [0.29, 0.717) is 17.2 Å². The van der Waals surface area contributed by atoms with Crippen molar-refractivity contribution in [3.63, 3.8) is 0 Å². The molecule has 0 radical (unpaired) electrons. The average molecular weight is 604 g/mol. The molecule has 0 spiro atoms. The number of ether oxygens (including phenoxy) is 1. The summed E-state index contributed by atoms with van der Waals surface area (Å²) in [6.07, 6.45) is 1.54. The van der Waals surface area contributed by atoms with E-state index in [0.717, 1.165) is 42.9 Å². The predicted molar refractivity (Wildman–Crippen MR) is 152 cm³/mol. The fraction of sp³-hybridized carbons (Fsp3) is 0.286. The van der Waals surface area contributed by atoms with Crippen molar-refractivity contribution in [3.8, 4) is 11.6 Å². The number of carbonyl (C=O) groups is 1. The van der Waals surface area contributed by atoms with Crippen molar-refractivity contribution >= 4 is 68.9 Å². The van der Waals surface area contributed by atoms with Crippen LogP contribution in [0.2, 0.25) is 0 Å². The van der Waals surface area contributed by atoms with E-state index >= 15 is 0 Å². The van der Waals surface area contributed by atoms with Gasteiger partial charge in [-0.05, 0) is 41.0 Å². The first-order valence-electron chi connectivity index (χ1n) is 11.3. The number of hydrogen-bond donors (Lipinski definition) is 2. The van der Waals surface area contributed by atoms with Gasteiger partial charge < -0.3 is 10.5 Å². The van der Waals surface area contributed by atoms with E-state index < -0.39 is 5.91 Å². The Morgan fingerprint density at radius 1 is 1.28 bits per heavy atom. The predicted octanol–water partition coefficient (Wildman–Crippen LogP) is 2.79. The highest BCUT2D eigenvalue weighted by atomic mass is 32.2. The lowest BCUT2D eigenvalue weighted by molar-refractivity contribution is 0.0949. The second kappa shape index (κ2) is 12.6. The number of hydrogen-bond acceptors (Lipinski definition) is 16. The van der Waals surface area contributed by atoms with Crippen LogP contribution in [0.3, 0.4) is 0 Å². The van der Waals surface area contributed by atoms with E-state index in [1.54, 1.807) is 36.8 Å². The maximum Gasteiger partial charge on any atom is 0.293 e. The van der Waals surface area contributed by atoms with Crippen LogP contribution in [-0.4, -0.2) is 71.4 Å². The number of aliphatic imine (C=N–C) groups is 1. The van der Waals surface area contributed by atoms with E-state index in [9.17, 15) is 4.79 Å². The number of anilines is 1. The van der Waals surface area contributed by atoms with Crippen molar-refractivity contribution in [1.82, 2.24) is 40.9 Å². The molecule has 5 rings (SSSR count). The summed E-state index contributed by atoms with van der Waals surface area (Å²) in [5.74, 6) is 2.29. The lowest BCUT2D eigenvalue weighted by Crippen LogP contribution is -2.20. The summed E-state index contributed by atoms with van der Waals surface area (Å²) in [4.78, 5) is 17.5. The molecule has 14 nitrogen and oxygen atoms in total. The number of nitrogen functional groups attached to an aromatic ring is 1. The number of amides is 1. The first kappa shape index (κ1) is 27.1. The number of benzene rings is 1. The van der Waals surface area contributed by atoms with E-state index in [2.05, 4.69) is 46.3 Å². The molecule has 1 aromatic carbocycles. The second-order valence-corrected chi connectivity index (χ2v) is 12.4. The van der Waals surface area contributed by atoms with Gasteiger partial charge in [-0.1, -0.05) is 51.8 Å². The number of methoxy groups -OCH3 is 1. The number of aromatic nitrogens is 7. The number of carbonyl (C=O) groups excluding carboxylic acids is 1. The van der Waals surface area contributed by atoms with Gasteiger partial charge in [0.15, 0.2) is 10.0 Å². The Morgan fingerprint density at radius 2 is 2.18 bits per heavy atom. The maximum atomic E-state index is 13.0. The number of nitrogens with two attached hydrogens (primary N) is 1. The molecule has 0 saturated heterocycles. The minimum absolute atomic E-state index is 0.0263. The zero-order valence-electron chi connectivity index (χ0n) is 20.6. The lowest BCUT2D eigenvalue weighted by Gasteiger charge is -2.08. The number of thioether (sulfide) groups is 3. The molecular formula is C21H21N11O3S4. The van der Waals surface area contributed by atoms with E-state index in [-0.39, 0.29) is 17.3 Å². The average Bonchev–Trinajstić information content (AvgIpc) is 3.74. The van der Waals surface area contributed by atoms with Crippen LogP contribution in [0.15, 0.2) is 37.3 Å². The van der Waals surface area contributed by atoms with Crippen molar-refractivity contribution in [2.75, 3.05) is 25.1 Å². The molecule has 4 aromatic rings. The molecule has 0 fully saturated rings. The van der Waals surface area contributed by atoms with E-state index in [1.807, 2.05) is 25.1 Å². The molecular weight excluding hydrogens is 583 g/mol. The zero-order valence-corrected chi connectivity index (χ0v) is 23.9. The molecule has 3 aromatic heterocycles. The van der Waals surface area contributed by atoms with Gasteiger partial charge in [-0.3, -0.25) is 9.79 Å². The van der Waals surface area contributed by atoms with Crippen LogP contribution >= 0.6 is 46.6 Å². The van der Waals surface area contributed by atoms with E-state index in [4.69, 9.17) is 15.1 Å². The van der Waals surface area contributed by atoms with Crippen LogP contribution in [0, 0.1) is 6.92 Å². The normalized spacial score (nSPS) is 13.2. The minimum atomic E-state index is -0.542. The van der Waals surface area contributed by atoms with Crippen LogP contribution in [-0.2, 0) is 11.5 Å². The third kappa shape index (κ3) is 6.57. The van der Waals surface area contributed by atoms with Gasteiger partial charge in [0.2, 0.25) is 11.6 Å². The van der Waals surface area contributed by atoms with Crippen molar-refractivity contribution in [3.05, 3.63) is 45.7 Å². The molecule has 0 aliphatic carbocycles. The number of hydrazone groups is 1. The van der Waals surface area contributed by atoms with Crippen LogP contribution in [0.25, 0.3) is 5.82 Å². The highest BCUT2D eigenvalue weighted by Gasteiger charge is 2.25. The van der Waals surface area contributed by atoms with Gasteiger partial charge in [-0.2, -0.15) is 9.78 Å². The van der Waals surface area contributed by atoms with Crippen LogP contribution in [0.1, 0.15) is 32.3 Å². The highest BCUT2D eigenvalue weighted by Crippen LogP contribution is 2.30. The Hall–Kier alpha value is -3.48. The summed E-state index contributed by atoms with van der Waals surface area (Å²) in [5, 5.41) is 28.7. The van der Waals surface area contributed by atoms with Crippen molar-refractivity contribution in [2.24, 2.45) is 10.1 Å². The summed E-state index contributed by atoms with van der Waals surface area (Å²) in [6, 6.07) is 5.63. The molecule has 1 aliphatic rings. The first-order chi connectivity index (χ1) is 19.0. The summed E-state index contributed by atoms with van der Waals surface area (Å²) < 4.78 is 13.3. The van der Waals surface area contributed by atoms with E-state index in [1.165, 1.54) is 27.8 Å². The quantitative estimate of drug-likeness (QED) is 0.153. The molecule has 3 N–H and O–H groups in total. The Kier molecular flexibility index (Phi) is 8.74. The van der Waals surface area contributed by atoms with Crippen molar-refractivity contribution in [2.45, 2.75) is 22.8 Å². The molecule has 18 heteroatoms. The molecule has 0 bridgehead atoms. The fourth-order valence-electron chi connectivity index (χ4n) is 3.33. The summed E-state index contributed by atoms with van der Waals surface area (Å²) >= 11 is 6.24. The number of rotatable bonds is 10. The first-order valence-corrected chi connectivity index (χ1v) is 15.1. The van der Waals surface area contributed by atoms with Gasteiger partial charge in [0.25, 0.3) is 5.91 Å². The number of nitrogens with zero attached hydrogens (tertiary/aromatic N) is 9. The van der Waals surface area contributed by atoms with Gasteiger partial charge in [0.05, 0.1) is 25.6 Å². The Labute approximate surface area is 238 Å². The van der Waals surface area contributed by atoms with Gasteiger partial charge in [0.1, 0.15) is 15.1 Å². The lowest BCUT2D eigenvalue weighted by atomic mass is 10.1. The van der Waals surface area contributed by atoms with Crippen LogP contribution < -0.4 is 15.9 Å². The van der Waals surface area contributed by atoms with Gasteiger partial charge in [-0.25, -0.2) is 10.1 Å². The maximum absolute atomic E-state index is 13.0. The number of aryl methyl sites for hydroxylation is 1. The van der Waals surface area contributed by atoms with Gasteiger partial charge >= 0.3 is 0 Å². The van der Waals surface area contributed by atoms with Crippen LogP contribution in [0.4, 0.5) is 5.82 Å². The molecule has 0 saturated carbocycles. The Balaban J connectivity index is 1.30. The standard InChI is InChI=1S/C21H21N11O3S4/c1-11-25-28-21(39-11)37-9-13-7-12(3-4-15(13)34-2)8-24-27-19(33)16-14(10-38-20-23-5-6-36-20)32(31-26-16)18-17(22)29-35-30-18/h3-4,7-8H,5-6,9-10H2,1-2H3,(H2,22,29)(H,27,33). The molecule has 4 heterocycles. The minimum Gasteiger partial charge on any atom is -0.496 e. The molecule has 0 atom stereocenters. The second-order valence-electron chi connectivity index (χ2n) is 7.70. The highest BCUT2D eigenvalue weighted by molar-refractivity contribution is 8.38. The van der Waals surface area contributed by atoms with Crippen molar-refractivity contribution in [1.29, 1.82) is 0 Å². The third-order valence-electron chi connectivity index (χ3n) is 5.11.